The van der Waals surface area contributed by atoms with Gasteiger partial charge in [-0.15, -0.1) is 0 Å². The average Bonchev–Trinajstić information content (AvgIpc) is 2.84. The third kappa shape index (κ3) is 3.31. The first-order chi connectivity index (χ1) is 10.6. The molecule has 0 radical (unpaired) electrons. The number of hydrogen-bond donors (Lipinski definition) is 1. The van der Waals surface area contributed by atoms with E-state index >= 15 is 0 Å². The van der Waals surface area contributed by atoms with E-state index in [4.69, 9.17) is 0 Å². The topological polar surface area (TPSA) is 46.4 Å². The predicted octanol–water partition coefficient (Wildman–Crippen LogP) is 3.35. The van der Waals surface area contributed by atoms with Gasteiger partial charge in [-0.05, 0) is 43.2 Å². The molecule has 0 bridgehead atoms. The number of fused-ring (bicyclic) bond motifs is 1. The van der Waals surface area contributed by atoms with E-state index in [1.165, 1.54) is 12.1 Å². The van der Waals surface area contributed by atoms with Crippen LogP contribution in [0.3, 0.4) is 0 Å². The largest absolute Gasteiger partial charge is 0.325 e. The van der Waals surface area contributed by atoms with Gasteiger partial charge in [0.05, 0.1) is 11.4 Å². The SMILES string of the molecule is Cc1cn2cc(NC(=O)CCc3cccc(F)c3)ccc2n1. The summed E-state index contributed by atoms with van der Waals surface area (Å²) < 4.78 is 15.0. The van der Waals surface area contributed by atoms with E-state index in [0.717, 1.165) is 16.9 Å². The zero-order valence-corrected chi connectivity index (χ0v) is 12.2. The Kier molecular flexibility index (Phi) is 3.87. The number of carbonyl (C=O) groups excluding carboxylic acids is 1. The number of nitrogens with one attached hydrogen (secondary N) is 1. The van der Waals surface area contributed by atoms with Crippen molar-refractivity contribution >= 4 is 17.2 Å². The van der Waals surface area contributed by atoms with Crippen LogP contribution in [-0.4, -0.2) is 15.3 Å². The minimum atomic E-state index is -0.279. The Morgan fingerprint density at radius 2 is 2.14 bits per heavy atom. The fourth-order valence-electron chi connectivity index (χ4n) is 2.37. The molecule has 0 aliphatic heterocycles. The number of benzene rings is 1. The minimum absolute atomic E-state index is 0.0968. The lowest BCUT2D eigenvalue weighted by atomic mass is 10.1. The molecule has 22 heavy (non-hydrogen) atoms. The van der Waals surface area contributed by atoms with Gasteiger partial charge in [-0.2, -0.15) is 0 Å². The quantitative estimate of drug-likeness (QED) is 0.802. The van der Waals surface area contributed by atoms with Crippen molar-refractivity contribution in [3.8, 4) is 0 Å². The molecule has 0 aliphatic carbocycles. The monoisotopic (exact) mass is 297 g/mol. The van der Waals surface area contributed by atoms with Crippen molar-refractivity contribution in [1.29, 1.82) is 0 Å². The van der Waals surface area contributed by atoms with Gasteiger partial charge >= 0.3 is 0 Å². The fourth-order valence-corrected chi connectivity index (χ4v) is 2.37. The van der Waals surface area contributed by atoms with Crippen LogP contribution < -0.4 is 5.32 Å². The lowest BCUT2D eigenvalue weighted by molar-refractivity contribution is -0.116. The highest BCUT2D eigenvalue weighted by Crippen LogP contribution is 2.12. The van der Waals surface area contributed by atoms with Gasteiger partial charge in [0.1, 0.15) is 11.5 Å². The Balaban J connectivity index is 1.62. The summed E-state index contributed by atoms with van der Waals surface area (Å²) in [5.41, 5.74) is 3.30. The molecule has 3 aromatic rings. The Labute approximate surface area is 127 Å². The first-order valence-corrected chi connectivity index (χ1v) is 7.10. The third-order valence-corrected chi connectivity index (χ3v) is 3.39. The molecule has 112 valence electrons. The maximum absolute atomic E-state index is 13.1. The molecule has 0 unspecified atom stereocenters. The van der Waals surface area contributed by atoms with Crippen molar-refractivity contribution < 1.29 is 9.18 Å². The smallest absolute Gasteiger partial charge is 0.224 e. The van der Waals surface area contributed by atoms with E-state index in [1.54, 1.807) is 6.07 Å². The summed E-state index contributed by atoms with van der Waals surface area (Å²) in [4.78, 5) is 16.3. The number of imidazole rings is 1. The van der Waals surface area contributed by atoms with E-state index in [2.05, 4.69) is 10.3 Å². The highest BCUT2D eigenvalue weighted by Gasteiger charge is 2.05. The first kappa shape index (κ1) is 14.3. The van der Waals surface area contributed by atoms with E-state index in [0.29, 0.717) is 18.5 Å². The van der Waals surface area contributed by atoms with Gasteiger partial charge in [0, 0.05) is 18.8 Å². The summed E-state index contributed by atoms with van der Waals surface area (Å²) in [5, 5.41) is 2.85. The van der Waals surface area contributed by atoms with Gasteiger partial charge in [-0.3, -0.25) is 4.79 Å². The van der Waals surface area contributed by atoms with E-state index < -0.39 is 0 Å². The standard InChI is InChI=1S/C17H16FN3O/c1-12-10-21-11-15(6-7-16(21)19-12)20-17(22)8-5-13-3-2-4-14(18)9-13/h2-4,6-7,9-11H,5,8H2,1H3,(H,20,22). The van der Waals surface area contributed by atoms with Crippen LogP contribution >= 0.6 is 0 Å². The van der Waals surface area contributed by atoms with Crippen LogP contribution in [0.15, 0.2) is 48.8 Å². The van der Waals surface area contributed by atoms with Gasteiger partial charge in [0.15, 0.2) is 0 Å². The van der Waals surface area contributed by atoms with Crippen molar-refractivity contribution in [3.05, 3.63) is 65.9 Å². The summed E-state index contributed by atoms with van der Waals surface area (Å²) >= 11 is 0. The summed E-state index contributed by atoms with van der Waals surface area (Å²) in [6, 6.07) is 9.99. The zero-order chi connectivity index (χ0) is 15.5. The van der Waals surface area contributed by atoms with Crippen molar-refractivity contribution in [1.82, 2.24) is 9.38 Å². The van der Waals surface area contributed by atoms with E-state index in [-0.39, 0.29) is 11.7 Å². The number of anilines is 1. The molecule has 3 rings (SSSR count). The molecule has 0 atom stereocenters. The third-order valence-electron chi connectivity index (χ3n) is 3.39. The number of carbonyl (C=O) groups is 1. The van der Waals surface area contributed by atoms with Crippen LogP contribution in [-0.2, 0) is 11.2 Å². The van der Waals surface area contributed by atoms with Crippen LogP contribution in [0.4, 0.5) is 10.1 Å². The van der Waals surface area contributed by atoms with Crippen LogP contribution in [0.25, 0.3) is 5.65 Å². The number of aryl methyl sites for hydroxylation is 2. The number of hydrogen-bond acceptors (Lipinski definition) is 2. The van der Waals surface area contributed by atoms with Crippen molar-refractivity contribution in [2.75, 3.05) is 5.32 Å². The normalized spacial score (nSPS) is 10.8. The first-order valence-electron chi connectivity index (χ1n) is 7.10. The predicted molar refractivity (Wildman–Crippen MR) is 83.3 cm³/mol. The summed E-state index contributed by atoms with van der Waals surface area (Å²) in [7, 11) is 0. The molecular weight excluding hydrogens is 281 g/mol. The lowest BCUT2D eigenvalue weighted by Crippen LogP contribution is -2.12. The Hall–Kier alpha value is -2.69. The van der Waals surface area contributed by atoms with Crippen molar-refractivity contribution in [2.45, 2.75) is 19.8 Å². The number of amides is 1. The number of pyridine rings is 1. The van der Waals surface area contributed by atoms with Gasteiger partial charge in [0.25, 0.3) is 0 Å². The van der Waals surface area contributed by atoms with Crippen molar-refractivity contribution in [2.24, 2.45) is 0 Å². The summed E-state index contributed by atoms with van der Waals surface area (Å²) in [5.74, 6) is -0.376. The molecule has 0 spiro atoms. The van der Waals surface area contributed by atoms with Crippen LogP contribution in [0.1, 0.15) is 17.7 Å². The number of nitrogens with zero attached hydrogens (tertiary/aromatic N) is 2. The molecule has 4 nitrogen and oxygen atoms in total. The molecule has 0 fully saturated rings. The van der Waals surface area contributed by atoms with Crippen LogP contribution in [0, 0.1) is 12.7 Å². The second-order valence-electron chi connectivity index (χ2n) is 5.24. The average molecular weight is 297 g/mol. The Morgan fingerprint density at radius 1 is 1.27 bits per heavy atom. The van der Waals surface area contributed by atoms with Crippen LogP contribution in [0.5, 0.6) is 0 Å². The molecule has 2 heterocycles. The van der Waals surface area contributed by atoms with Gasteiger partial charge in [-0.1, -0.05) is 12.1 Å². The molecule has 1 aromatic carbocycles. The van der Waals surface area contributed by atoms with E-state index in [1.807, 2.05) is 41.9 Å². The maximum Gasteiger partial charge on any atom is 0.224 e. The maximum atomic E-state index is 13.1. The molecule has 5 heteroatoms. The lowest BCUT2D eigenvalue weighted by Gasteiger charge is -2.06. The number of rotatable bonds is 4. The second kappa shape index (κ2) is 5.97. The molecule has 0 aliphatic rings. The molecule has 1 N–H and O–H groups in total. The Morgan fingerprint density at radius 3 is 2.95 bits per heavy atom. The number of aromatic nitrogens is 2. The Bertz CT molecular complexity index is 826. The second-order valence-corrected chi connectivity index (χ2v) is 5.24. The molecule has 0 saturated heterocycles. The summed E-state index contributed by atoms with van der Waals surface area (Å²) in [6.45, 7) is 1.92. The zero-order valence-electron chi connectivity index (χ0n) is 12.2. The van der Waals surface area contributed by atoms with Crippen molar-refractivity contribution in [3.63, 3.8) is 0 Å². The number of halogens is 1. The highest BCUT2D eigenvalue weighted by molar-refractivity contribution is 5.90. The minimum Gasteiger partial charge on any atom is -0.325 e. The highest BCUT2D eigenvalue weighted by atomic mass is 19.1. The molecule has 0 saturated carbocycles. The van der Waals surface area contributed by atoms with E-state index in [9.17, 15) is 9.18 Å². The van der Waals surface area contributed by atoms with Crippen LogP contribution in [0.2, 0.25) is 0 Å². The van der Waals surface area contributed by atoms with Gasteiger partial charge in [-0.25, -0.2) is 9.37 Å². The van der Waals surface area contributed by atoms with Gasteiger partial charge < -0.3 is 9.72 Å². The fraction of sp³-hybridized carbons (Fsp3) is 0.176. The molecular formula is C17H16FN3O. The summed E-state index contributed by atoms with van der Waals surface area (Å²) in [6.07, 6.45) is 4.55. The molecule has 2 aromatic heterocycles. The van der Waals surface area contributed by atoms with Gasteiger partial charge in [0.2, 0.25) is 5.91 Å². The molecule has 1 amide bonds.